The lowest BCUT2D eigenvalue weighted by Gasteiger charge is -2.09. The number of benzene rings is 2. The van der Waals surface area contributed by atoms with Crippen molar-refractivity contribution in [3.63, 3.8) is 0 Å². The largest absolute Gasteiger partial charge is 0.478 e. The van der Waals surface area contributed by atoms with Crippen molar-refractivity contribution in [2.24, 2.45) is 0 Å². The number of carboxylic acid groups (broad SMARTS) is 1. The number of hydrogen-bond acceptors (Lipinski definition) is 3. The van der Waals surface area contributed by atoms with Crippen LogP contribution in [-0.2, 0) is 10.0 Å². The number of rotatable bonds is 4. The molecule has 0 amide bonds. The lowest BCUT2D eigenvalue weighted by molar-refractivity contribution is 0.0692. The molecule has 0 saturated heterocycles. The molecule has 7 heteroatoms. The molecule has 0 fully saturated rings. The fourth-order valence-corrected chi connectivity index (χ4v) is 2.73. The molecule has 21 heavy (non-hydrogen) atoms. The summed E-state index contributed by atoms with van der Waals surface area (Å²) in [6, 6.07) is 9.13. The molecule has 110 valence electrons. The van der Waals surface area contributed by atoms with Crippen LogP contribution in [0.4, 0.5) is 10.1 Å². The number of halogens is 1. The summed E-state index contributed by atoms with van der Waals surface area (Å²) in [5.41, 5.74) is 0.289. The Morgan fingerprint density at radius 1 is 1.14 bits per heavy atom. The summed E-state index contributed by atoms with van der Waals surface area (Å²) >= 11 is 0. The van der Waals surface area contributed by atoms with Crippen molar-refractivity contribution >= 4 is 21.7 Å². The summed E-state index contributed by atoms with van der Waals surface area (Å²) < 4.78 is 39.7. The average Bonchev–Trinajstić information content (AvgIpc) is 2.41. The molecule has 0 heterocycles. The van der Waals surface area contributed by atoms with Crippen molar-refractivity contribution in [1.82, 2.24) is 0 Å². The molecule has 0 aliphatic carbocycles. The minimum absolute atomic E-state index is 0.0191. The SMILES string of the molecule is Cc1ccc(S(=O)(=O)Nc2ccc(F)c(C(=O)O)c2)cc1. The third-order valence-electron chi connectivity index (χ3n) is 2.78. The van der Waals surface area contributed by atoms with Crippen LogP contribution in [-0.4, -0.2) is 19.5 Å². The maximum Gasteiger partial charge on any atom is 0.338 e. The maximum atomic E-state index is 13.3. The number of carboxylic acids is 1. The highest BCUT2D eigenvalue weighted by molar-refractivity contribution is 7.92. The molecule has 0 aromatic heterocycles. The number of sulfonamides is 1. The fourth-order valence-electron chi connectivity index (χ4n) is 1.68. The van der Waals surface area contributed by atoms with Crippen LogP contribution in [0.1, 0.15) is 15.9 Å². The van der Waals surface area contributed by atoms with Crippen LogP contribution < -0.4 is 4.72 Å². The molecular weight excluding hydrogens is 297 g/mol. The minimum atomic E-state index is -3.85. The minimum Gasteiger partial charge on any atom is -0.478 e. The number of hydrogen-bond donors (Lipinski definition) is 2. The Kier molecular flexibility index (Phi) is 3.95. The number of anilines is 1. The van der Waals surface area contributed by atoms with Gasteiger partial charge in [-0.1, -0.05) is 17.7 Å². The van der Waals surface area contributed by atoms with Crippen molar-refractivity contribution in [3.8, 4) is 0 Å². The Morgan fingerprint density at radius 3 is 2.33 bits per heavy atom. The van der Waals surface area contributed by atoms with Crippen LogP contribution in [0, 0.1) is 12.7 Å². The molecule has 2 N–H and O–H groups in total. The van der Waals surface area contributed by atoms with Gasteiger partial charge in [-0.25, -0.2) is 17.6 Å². The van der Waals surface area contributed by atoms with Gasteiger partial charge in [0.2, 0.25) is 0 Å². The number of carbonyl (C=O) groups is 1. The molecule has 0 unspecified atom stereocenters. The second-order valence-corrected chi connectivity index (χ2v) is 6.10. The standard InChI is InChI=1S/C14H12FNO4S/c1-9-2-5-11(6-3-9)21(19,20)16-10-4-7-13(15)12(8-10)14(17)18/h2-8,16H,1H3,(H,17,18). The molecule has 0 saturated carbocycles. The van der Waals surface area contributed by atoms with Crippen molar-refractivity contribution in [2.75, 3.05) is 4.72 Å². The Morgan fingerprint density at radius 2 is 1.76 bits per heavy atom. The van der Waals surface area contributed by atoms with Crippen LogP contribution in [0.3, 0.4) is 0 Å². The van der Waals surface area contributed by atoms with Crippen molar-refractivity contribution < 1.29 is 22.7 Å². The second kappa shape index (κ2) is 5.53. The van der Waals surface area contributed by atoms with Crippen LogP contribution >= 0.6 is 0 Å². The van der Waals surface area contributed by atoms with Gasteiger partial charge in [-0.2, -0.15) is 0 Å². The number of aromatic carboxylic acids is 1. The van der Waals surface area contributed by atoms with Gasteiger partial charge in [0.25, 0.3) is 10.0 Å². The molecule has 0 spiro atoms. The monoisotopic (exact) mass is 309 g/mol. The predicted molar refractivity (Wildman–Crippen MR) is 75.3 cm³/mol. The third kappa shape index (κ3) is 3.38. The molecule has 5 nitrogen and oxygen atoms in total. The van der Waals surface area contributed by atoms with Crippen LogP contribution in [0.25, 0.3) is 0 Å². The Balaban J connectivity index is 2.35. The van der Waals surface area contributed by atoms with Crippen molar-refractivity contribution in [2.45, 2.75) is 11.8 Å². The Bertz CT molecular complexity index is 785. The van der Waals surface area contributed by atoms with E-state index in [2.05, 4.69) is 4.72 Å². The Hall–Kier alpha value is -2.41. The number of nitrogens with one attached hydrogen (secondary N) is 1. The van der Waals surface area contributed by atoms with E-state index in [1.165, 1.54) is 12.1 Å². The van der Waals surface area contributed by atoms with Crippen molar-refractivity contribution in [1.29, 1.82) is 0 Å². The summed E-state index contributed by atoms with van der Waals surface area (Å²) in [6.07, 6.45) is 0. The molecule has 0 radical (unpaired) electrons. The topological polar surface area (TPSA) is 83.5 Å². The van der Waals surface area contributed by atoms with Gasteiger partial charge in [-0.05, 0) is 37.3 Å². The lowest BCUT2D eigenvalue weighted by Crippen LogP contribution is -2.13. The van der Waals surface area contributed by atoms with Gasteiger partial charge in [0.15, 0.2) is 0 Å². The quantitative estimate of drug-likeness (QED) is 0.909. The molecule has 0 atom stereocenters. The van der Waals surface area contributed by atoms with Gasteiger partial charge in [0.1, 0.15) is 5.82 Å². The zero-order valence-corrected chi connectivity index (χ0v) is 11.8. The Labute approximate surface area is 121 Å². The molecule has 0 aliphatic rings. The van der Waals surface area contributed by atoms with E-state index in [0.717, 1.165) is 23.8 Å². The summed E-state index contributed by atoms with van der Waals surface area (Å²) in [4.78, 5) is 10.9. The van der Waals surface area contributed by atoms with E-state index in [1.807, 2.05) is 6.92 Å². The van der Waals surface area contributed by atoms with E-state index >= 15 is 0 Å². The van der Waals surface area contributed by atoms with Crippen LogP contribution in [0.5, 0.6) is 0 Å². The first-order valence-electron chi connectivity index (χ1n) is 5.92. The molecule has 0 bridgehead atoms. The fraction of sp³-hybridized carbons (Fsp3) is 0.0714. The average molecular weight is 309 g/mol. The summed E-state index contributed by atoms with van der Waals surface area (Å²) in [5, 5.41) is 8.82. The van der Waals surface area contributed by atoms with Gasteiger partial charge in [0, 0.05) is 5.69 Å². The molecule has 2 aromatic rings. The first-order valence-corrected chi connectivity index (χ1v) is 7.40. The van der Waals surface area contributed by atoms with Gasteiger partial charge < -0.3 is 5.11 Å². The number of aryl methyl sites for hydroxylation is 1. The van der Waals surface area contributed by atoms with Gasteiger partial charge in [-0.15, -0.1) is 0 Å². The first-order chi connectivity index (χ1) is 9.79. The van der Waals surface area contributed by atoms with E-state index in [1.54, 1.807) is 12.1 Å². The zero-order valence-electron chi connectivity index (χ0n) is 11.0. The zero-order chi connectivity index (χ0) is 15.6. The molecular formula is C14H12FNO4S. The first kappa shape index (κ1) is 15.0. The highest BCUT2D eigenvalue weighted by Crippen LogP contribution is 2.19. The molecule has 2 aromatic carbocycles. The molecule has 0 aliphatic heterocycles. The van der Waals surface area contributed by atoms with E-state index in [0.29, 0.717) is 0 Å². The van der Waals surface area contributed by atoms with Gasteiger partial charge >= 0.3 is 5.97 Å². The highest BCUT2D eigenvalue weighted by Gasteiger charge is 2.16. The van der Waals surface area contributed by atoms with Crippen LogP contribution in [0.2, 0.25) is 0 Å². The molecule has 2 rings (SSSR count). The van der Waals surface area contributed by atoms with Gasteiger partial charge in [-0.3, -0.25) is 4.72 Å². The summed E-state index contributed by atoms with van der Waals surface area (Å²) in [7, 11) is -3.85. The predicted octanol–water partition coefficient (Wildman–Crippen LogP) is 2.63. The summed E-state index contributed by atoms with van der Waals surface area (Å²) in [5.74, 6) is -2.40. The van der Waals surface area contributed by atoms with E-state index < -0.39 is 27.4 Å². The maximum absolute atomic E-state index is 13.3. The normalized spacial score (nSPS) is 11.1. The third-order valence-corrected chi connectivity index (χ3v) is 4.18. The van der Waals surface area contributed by atoms with E-state index in [4.69, 9.17) is 5.11 Å². The summed E-state index contributed by atoms with van der Waals surface area (Å²) in [6.45, 7) is 1.82. The van der Waals surface area contributed by atoms with Gasteiger partial charge in [0.05, 0.1) is 10.5 Å². The smallest absolute Gasteiger partial charge is 0.338 e. The van der Waals surface area contributed by atoms with E-state index in [9.17, 15) is 17.6 Å². The van der Waals surface area contributed by atoms with Crippen LogP contribution in [0.15, 0.2) is 47.4 Å². The van der Waals surface area contributed by atoms with E-state index in [-0.39, 0.29) is 10.6 Å². The van der Waals surface area contributed by atoms with Crippen molar-refractivity contribution in [3.05, 3.63) is 59.4 Å². The lowest BCUT2D eigenvalue weighted by atomic mass is 10.2. The second-order valence-electron chi connectivity index (χ2n) is 4.42. The highest BCUT2D eigenvalue weighted by atomic mass is 32.2.